The van der Waals surface area contributed by atoms with Gasteiger partial charge in [-0.05, 0) is 49.4 Å². The molecule has 35 heavy (non-hydrogen) atoms. The van der Waals surface area contributed by atoms with Crippen molar-refractivity contribution >= 4 is 5.97 Å². The number of aryl methyl sites for hydroxylation is 1. The topological polar surface area (TPSA) is 39.2 Å². The molecule has 0 spiro atoms. The second kappa shape index (κ2) is 15.6. The van der Waals surface area contributed by atoms with Crippen molar-refractivity contribution < 1.29 is 22.7 Å². The van der Waals surface area contributed by atoms with Crippen molar-refractivity contribution in [2.24, 2.45) is 5.92 Å². The smallest absolute Gasteiger partial charge is 0.391 e. The summed E-state index contributed by atoms with van der Waals surface area (Å²) in [5.74, 6) is -2.04. The molecular weight excluding hydrogens is 451 g/mol. The standard InChI is InChI=1S/C29H40F3NO2/c1-3-5-7-8-9-10-11-12-23-14-19-27(33-22-23)24-15-17-25(18-16-24)28(34)35-21-20-26(13-6-4-2)29(30,31)32/h14-19,22,26H,3-13,20-21H2,1-2H3. The number of hydrogen-bond donors (Lipinski definition) is 0. The first-order chi connectivity index (χ1) is 16.8. The molecule has 0 fully saturated rings. The molecule has 0 N–H and O–H groups in total. The number of hydrogen-bond acceptors (Lipinski definition) is 3. The van der Waals surface area contributed by atoms with Crippen LogP contribution in [0, 0.1) is 5.92 Å². The van der Waals surface area contributed by atoms with Crippen LogP contribution in [0.1, 0.15) is 100 Å². The quantitative estimate of drug-likeness (QED) is 0.174. The Hall–Kier alpha value is -2.37. The van der Waals surface area contributed by atoms with Gasteiger partial charge in [-0.3, -0.25) is 4.98 Å². The molecular formula is C29H40F3NO2. The zero-order valence-electron chi connectivity index (χ0n) is 21.2. The van der Waals surface area contributed by atoms with E-state index in [1.807, 2.05) is 19.2 Å². The number of unbranched alkanes of at least 4 members (excludes halogenated alkanes) is 7. The van der Waals surface area contributed by atoms with E-state index >= 15 is 0 Å². The molecule has 1 heterocycles. The Morgan fingerprint density at radius 2 is 1.51 bits per heavy atom. The molecule has 194 valence electrons. The summed E-state index contributed by atoms with van der Waals surface area (Å²) >= 11 is 0. The number of halogens is 3. The number of pyridine rings is 1. The Kier molecular flexibility index (Phi) is 12.9. The van der Waals surface area contributed by atoms with Crippen LogP contribution in [0.4, 0.5) is 13.2 Å². The van der Waals surface area contributed by atoms with Gasteiger partial charge in [-0.25, -0.2) is 4.79 Å². The van der Waals surface area contributed by atoms with Crippen LogP contribution < -0.4 is 0 Å². The SMILES string of the molecule is CCCCCCCCCc1ccc(-c2ccc(C(=O)OCCC(CCCC)C(F)(F)F)cc2)nc1. The van der Waals surface area contributed by atoms with Gasteiger partial charge in [0.05, 0.1) is 23.8 Å². The number of ether oxygens (including phenoxy) is 1. The fourth-order valence-corrected chi connectivity index (χ4v) is 4.11. The first kappa shape index (κ1) is 28.9. The number of esters is 1. The molecule has 0 radical (unpaired) electrons. The number of carbonyl (C=O) groups excluding carboxylic acids is 1. The van der Waals surface area contributed by atoms with Gasteiger partial charge in [0, 0.05) is 11.8 Å². The number of nitrogens with zero attached hydrogens (tertiary/aromatic N) is 1. The number of benzene rings is 1. The van der Waals surface area contributed by atoms with Crippen LogP contribution in [-0.4, -0.2) is 23.7 Å². The fraction of sp³-hybridized carbons (Fsp3) is 0.586. The van der Waals surface area contributed by atoms with E-state index < -0.39 is 18.1 Å². The summed E-state index contributed by atoms with van der Waals surface area (Å²) in [5.41, 5.74) is 3.23. The summed E-state index contributed by atoms with van der Waals surface area (Å²) in [6.45, 7) is 3.85. The molecule has 1 atom stereocenters. The van der Waals surface area contributed by atoms with E-state index in [0.29, 0.717) is 18.4 Å². The van der Waals surface area contributed by atoms with Gasteiger partial charge in [0.25, 0.3) is 0 Å². The Morgan fingerprint density at radius 1 is 0.857 bits per heavy atom. The van der Waals surface area contributed by atoms with E-state index in [4.69, 9.17) is 4.74 Å². The van der Waals surface area contributed by atoms with Crippen molar-refractivity contribution in [3.05, 3.63) is 53.7 Å². The first-order valence-electron chi connectivity index (χ1n) is 13.1. The number of carbonyl (C=O) groups is 1. The van der Waals surface area contributed by atoms with Crippen LogP contribution in [0.5, 0.6) is 0 Å². The van der Waals surface area contributed by atoms with E-state index in [1.54, 1.807) is 24.3 Å². The lowest BCUT2D eigenvalue weighted by Gasteiger charge is -2.19. The third-order valence-electron chi connectivity index (χ3n) is 6.38. The third-order valence-corrected chi connectivity index (χ3v) is 6.38. The van der Waals surface area contributed by atoms with Gasteiger partial charge < -0.3 is 4.74 Å². The third kappa shape index (κ3) is 10.8. The second-order valence-electron chi connectivity index (χ2n) is 9.31. The lowest BCUT2D eigenvalue weighted by atomic mass is 9.98. The predicted octanol–water partition coefficient (Wildman–Crippen LogP) is 8.96. The van der Waals surface area contributed by atoms with Gasteiger partial charge in [0.2, 0.25) is 0 Å². The molecule has 1 aromatic heterocycles. The summed E-state index contributed by atoms with van der Waals surface area (Å²) in [6.07, 6.45) is 8.71. The molecule has 6 heteroatoms. The normalized spacial score (nSPS) is 12.5. The largest absolute Gasteiger partial charge is 0.462 e. The molecule has 0 saturated heterocycles. The number of aromatic nitrogens is 1. The molecule has 3 nitrogen and oxygen atoms in total. The fourth-order valence-electron chi connectivity index (χ4n) is 4.11. The average Bonchev–Trinajstić information content (AvgIpc) is 2.85. The molecule has 0 aliphatic carbocycles. The predicted molar refractivity (Wildman–Crippen MR) is 135 cm³/mol. The highest BCUT2D eigenvalue weighted by Gasteiger charge is 2.38. The molecule has 0 aliphatic heterocycles. The molecule has 2 rings (SSSR count). The Labute approximate surface area is 208 Å². The van der Waals surface area contributed by atoms with Gasteiger partial charge >= 0.3 is 12.1 Å². The van der Waals surface area contributed by atoms with Crippen LogP contribution in [0.2, 0.25) is 0 Å². The van der Waals surface area contributed by atoms with E-state index in [9.17, 15) is 18.0 Å². The van der Waals surface area contributed by atoms with E-state index in [0.717, 1.165) is 17.7 Å². The second-order valence-corrected chi connectivity index (χ2v) is 9.31. The minimum atomic E-state index is -4.26. The van der Waals surface area contributed by atoms with Crippen molar-refractivity contribution in [3.8, 4) is 11.3 Å². The maximum Gasteiger partial charge on any atom is 0.391 e. The monoisotopic (exact) mass is 491 g/mol. The van der Waals surface area contributed by atoms with Crippen LogP contribution >= 0.6 is 0 Å². The molecule has 0 amide bonds. The van der Waals surface area contributed by atoms with Gasteiger partial charge in [-0.15, -0.1) is 0 Å². The van der Waals surface area contributed by atoms with Gasteiger partial charge in [0.1, 0.15) is 0 Å². The highest BCUT2D eigenvalue weighted by Crippen LogP contribution is 2.32. The van der Waals surface area contributed by atoms with Crippen LogP contribution in [0.25, 0.3) is 11.3 Å². The van der Waals surface area contributed by atoms with E-state index in [-0.39, 0.29) is 19.4 Å². The highest BCUT2D eigenvalue weighted by molar-refractivity contribution is 5.90. The molecule has 0 bridgehead atoms. The summed E-state index contributed by atoms with van der Waals surface area (Å²) in [4.78, 5) is 16.8. The lowest BCUT2D eigenvalue weighted by molar-refractivity contribution is -0.180. The van der Waals surface area contributed by atoms with Crippen molar-refractivity contribution in [1.29, 1.82) is 0 Å². The summed E-state index contributed by atoms with van der Waals surface area (Å²) in [7, 11) is 0. The zero-order valence-corrected chi connectivity index (χ0v) is 21.2. The number of alkyl halides is 3. The summed E-state index contributed by atoms with van der Waals surface area (Å²) in [5, 5.41) is 0. The van der Waals surface area contributed by atoms with Crippen LogP contribution in [-0.2, 0) is 11.2 Å². The zero-order chi connectivity index (χ0) is 25.5. The molecule has 1 aromatic carbocycles. The van der Waals surface area contributed by atoms with E-state index in [2.05, 4.69) is 18.0 Å². The van der Waals surface area contributed by atoms with Crippen molar-refractivity contribution in [2.75, 3.05) is 6.61 Å². The Bertz CT molecular complexity index is 848. The minimum Gasteiger partial charge on any atom is -0.462 e. The maximum atomic E-state index is 13.1. The average molecular weight is 492 g/mol. The minimum absolute atomic E-state index is 0.0666. The number of rotatable bonds is 16. The molecule has 1 unspecified atom stereocenters. The van der Waals surface area contributed by atoms with Gasteiger partial charge in [-0.2, -0.15) is 13.2 Å². The van der Waals surface area contributed by atoms with Crippen LogP contribution in [0.15, 0.2) is 42.6 Å². The lowest BCUT2D eigenvalue weighted by Crippen LogP contribution is -2.25. The maximum absolute atomic E-state index is 13.1. The summed E-state index contributed by atoms with van der Waals surface area (Å²) in [6, 6.07) is 10.9. The first-order valence-corrected chi connectivity index (χ1v) is 13.1. The van der Waals surface area contributed by atoms with Gasteiger partial charge in [0.15, 0.2) is 0 Å². The van der Waals surface area contributed by atoms with Gasteiger partial charge in [-0.1, -0.05) is 83.4 Å². The van der Waals surface area contributed by atoms with E-state index in [1.165, 1.54) is 50.5 Å². The van der Waals surface area contributed by atoms with Crippen molar-refractivity contribution in [1.82, 2.24) is 4.98 Å². The Morgan fingerprint density at radius 3 is 2.11 bits per heavy atom. The molecule has 2 aromatic rings. The van der Waals surface area contributed by atoms with Crippen molar-refractivity contribution in [2.45, 2.75) is 97.1 Å². The summed E-state index contributed by atoms with van der Waals surface area (Å²) < 4.78 is 44.4. The molecule has 0 aliphatic rings. The highest BCUT2D eigenvalue weighted by atomic mass is 19.4. The Balaban J connectivity index is 1.79. The molecule has 0 saturated carbocycles. The van der Waals surface area contributed by atoms with Crippen LogP contribution in [0.3, 0.4) is 0 Å². The van der Waals surface area contributed by atoms with Crippen molar-refractivity contribution in [3.63, 3.8) is 0 Å².